The Bertz CT molecular complexity index is 481. The van der Waals surface area contributed by atoms with Gasteiger partial charge in [0, 0.05) is 12.8 Å². The molecule has 0 fully saturated rings. The second-order valence-corrected chi connectivity index (χ2v) is 5.31. The molecule has 0 aliphatic heterocycles. The monoisotopic (exact) mass is 262 g/mol. The quantitative estimate of drug-likeness (QED) is 0.817. The highest BCUT2D eigenvalue weighted by molar-refractivity contribution is 5.85. The van der Waals surface area contributed by atoms with Gasteiger partial charge in [-0.05, 0) is 49.4 Å². The summed E-state index contributed by atoms with van der Waals surface area (Å²) in [5, 5.41) is 3.09. The van der Waals surface area contributed by atoms with Gasteiger partial charge in [-0.2, -0.15) is 0 Å². The van der Waals surface area contributed by atoms with Gasteiger partial charge in [-0.1, -0.05) is 13.0 Å². The minimum atomic E-state index is -0.753. The van der Waals surface area contributed by atoms with Crippen molar-refractivity contribution in [3.63, 3.8) is 0 Å². The minimum Gasteiger partial charge on any atom is -0.399 e. The van der Waals surface area contributed by atoms with Crippen LogP contribution < -0.4 is 11.1 Å². The summed E-state index contributed by atoms with van der Waals surface area (Å²) in [6.07, 6.45) is 2.53. The van der Waals surface area contributed by atoms with Crippen molar-refractivity contribution in [1.82, 2.24) is 5.32 Å². The van der Waals surface area contributed by atoms with Crippen LogP contribution in [0.15, 0.2) is 18.2 Å². The molecule has 1 aliphatic carbocycles. The SMILES string of the molecule is CCC(C)(OC)C(=O)NC1CCc2cc(N)ccc21. The lowest BCUT2D eigenvalue weighted by Gasteiger charge is -2.27. The van der Waals surface area contributed by atoms with Gasteiger partial charge in [0.2, 0.25) is 0 Å². The number of hydrogen-bond donors (Lipinski definition) is 2. The first-order valence-corrected chi connectivity index (χ1v) is 6.74. The number of nitrogens with two attached hydrogens (primary N) is 1. The van der Waals surface area contributed by atoms with Crippen LogP contribution in [-0.2, 0) is 16.0 Å². The van der Waals surface area contributed by atoms with E-state index in [1.807, 2.05) is 32.0 Å². The molecule has 0 spiro atoms. The Balaban J connectivity index is 2.13. The van der Waals surface area contributed by atoms with Crippen molar-refractivity contribution < 1.29 is 9.53 Å². The molecule has 0 saturated heterocycles. The largest absolute Gasteiger partial charge is 0.399 e. The van der Waals surface area contributed by atoms with E-state index < -0.39 is 5.60 Å². The highest BCUT2D eigenvalue weighted by Crippen LogP contribution is 2.33. The fraction of sp³-hybridized carbons (Fsp3) is 0.533. The van der Waals surface area contributed by atoms with Crippen LogP contribution >= 0.6 is 0 Å². The number of nitrogens with one attached hydrogen (secondary N) is 1. The molecule has 1 aromatic rings. The summed E-state index contributed by atoms with van der Waals surface area (Å²) in [7, 11) is 1.58. The Kier molecular flexibility index (Phi) is 3.80. The third kappa shape index (κ3) is 2.59. The van der Waals surface area contributed by atoms with Crippen LogP contribution in [0.1, 0.15) is 43.9 Å². The van der Waals surface area contributed by atoms with Crippen molar-refractivity contribution in [1.29, 1.82) is 0 Å². The maximum atomic E-state index is 12.3. The van der Waals surface area contributed by atoms with Crippen LogP contribution in [0.25, 0.3) is 0 Å². The zero-order valence-electron chi connectivity index (χ0n) is 11.8. The predicted octanol–water partition coefficient (Wildman–Crippen LogP) is 2.19. The maximum absolute atomic E-state index is 12.3. The first-order valence-electron chi connectivity index (χ1n) is 6.74. The van der Waals surface area contributed by atoms with Gasteiger partial charge in [-0.25, -0.2) is 0 Å². The number of methoxy groups -OCH3 is 1. The number of benzene rings is 1. The fourth-order valence-electron chi connectivity index (χ4n) is 2.50. The summed E-state index contributed by atoms with van der Waals surface area (Å²) in [5.74, 6) is -0.0489. The van der Waals surface area contributed by atoms with Gasteiger partial charge in [0.05, 0.1) is 6.04 Å². The van der Waals surface area contributed by atoms with Crippen molar-refractivity contribution in [2.24, 2.45) is 0 Å². The molecule has 0 saturated carbocycles. The van der Waals surface area contributed by atoms with E-state index in [1.54, 1.807) is 7.11 Å². The predicted molar refractivity (Wildman–Crippen MR) is 75.8 cm³/mol. The molecule has 1 amide bonds. The van der Waals surface area contributed by atoms with Gasteiger partial charge >= 0.3 is 0 Å². The molecule has 2 atom stereocenters. The lowest BCUT2D eigenvalue weighted by Crippen LogP contribution is -2.46. The van der Waals surface area contributed by atoms with Gasteiger partial charge in [0.1, 0.15) is 5.60 Å². The van der Waals surface area contributed by atoms with E-state index in [0.717, 1.165) is 18.5 Å². The van der Waals surface area contributed by atoms with E-state index in [1.165, 1.54) is 11.1 Å². The topological polar surface area (TPSA) is 64.3 Å². The van der Waals surface area contributed by atoms with Crippen LogP contribution in [0.2, 0.25) is 0 Å². The lowest BCUT2D eigenvalue weighted by atomic mass is 10.0. The Morgan fingerprint density at radius 3 is 2.95 bits per heavy atom. The smallest absolute Gasteiger partial charge is 0.252 e. The first kappa shape index (κ1) is 13.9. The molecular formula is C15H22N2O2. The van der Waals surface area contributed by atoms with Crippen molar-refractivity contribution >= 4 is 11.6 Å². The maximum Gasteiger partial charge on any atom is 0.252 e. The van der Waals surface area contributed by atoms with Crippen molar-refractivity contribution in [2.45, 2.75) is 44.8 Å². The van der Waals surface area contributed by atoms with Crippen molar-refractivity contribution in [3.8, 4) is 0 Å². The van der Waals surface area contributed by atoms with Gasteiger partial charge in [0.25, 0.3) is 5.91 Å². The minimum absolute atomic E-state index is 0.0489. The average Bonchev–Trinajstić information content (AvgIpc) is 2.80. The van der Waals surface area contributed by atoms with Gasteiger partial charge in [0.15, 0.2) is 0 Å². The van der Waals surface area contributed by atoms with Gasteiger partial charge < -0.3 is 15.8 Å². The number of carbonyl (C=O) groups is 1. The molecule has 2 rings (SSSR count). The van der Waals surface area contributed by atoms with Gasteiger partial charge in [-0.3, -0.25) is 4.79 Å². The normalized spacial score (nSPS) is 20.7. The molecule has 4 heteroatoms. The molecule has 0 aromatic heterocycles. The summed E-state index contributed by atoms with van der Waals surface area (Å²) >= 11 is 0. The second-order valence-electron chi connectivity index (χ2n) is 5.31. The zero-order valence-corrected chi connectivity index (χ0v) is 11.8. The highest BCUT2D eigenvalue weighted by Gasteiger charge is 2.34. The van der Waals surface area contributed by atoms with Crippen LogP contribution in [0.3, 0.4) is 0 Å². The number of fused-ring (bicyclic) bond motifs is 1. The molecule has 19 heavy (non-hydrogen) atoms. The first-order chi connectivity index (χ1) is 9.00. The van der Waals surface area contributed by atoms with Gasteiger partial charge in [-0.15, -0.1) is 0 Å². The number of aryl methyl sites for hydroxylation is 1. The lowest BCUT2D eigenvalue weighted by molar-refractivity contribution is -0.142. The van der Waals surface area contributed by atoms with E-state index in [2.05, 4.69) is 5.32 Å². The van der Waals surface area contributed by atoms with Crippen LogP contribution in [0.5, 0.6) is 0 Å². The zero-order chi connectivity index (χ0) is 14.0. The molecule has 0 bridgehead atoms. The highest BCUT2D eigenvalue weighted by atomic mass is 16.5. The number of rotatable bonds is 4. The van der Waals surface area contributed by atoms with Crippen molar-refractivity contribution in [3.05, 3.63) is 29.3 Å². The molecule has 3 N–H and O–H groups in total. The molecule has 2 unspecified atom stereocenters. The van der Waals surface area contributed by atoms with Crippen LogP contribution in [0, 0.1) is 0 Å². The molecule has 1 aromatic carbocycles. The van der Waals surface area contributed by atoms with Crippen molar-refractivity contribution in [2.75, 3.05) is 12.8 Å². The van der Waals surface area contributed by atoms with E-state index >= 15 is 0 Å². The molecule has 1 aliphatic rings. The summed E-state index contributed by atoms with van der Waals surface area (Å²) in [6, 6.07) is 5.97. The van der Waals surface area contributed by atoms with E-state index in [4.69, 9.17) is 10.5 Å². The van der Waals surface area contributed by atoms with Crippen LogP contribution in [0.4, 0.5) is 5.69 Å². The third-order valence-electron chi connectivity index (χ3n) is 4.16. The van der Waals surface area contributed by atoms with E-state index in [-0.39, 0.29) is 11.9 Å². The van der Waals surface area contributed by atoms with Crippen LogP contribution in [-0.4, -0.2) is 18.6 Å². The number of hydrogen-bond acceptors (Lipinski definition) is 3. The number of amides is 1. The standard InChI is InChI=1S/C15H22N2O2/c1-4-15(2,19-3)14(18)17-13-8-5-10-9-11(16)6-7-12(10)13/h6-7,9,13H,4-5,8,16H2,1-3H3,(H,17,18). The number of anilines is 1. The average molecular weight is 262 g/mol. The molecule has 104 valence electrons. The Hall–Kier alpha value is -1.55. The molecule has 4 nitrogen and oxygen atoms in total. The summed E-state index contributed by atoms with van der Waals surface area (Å²) in [5.41, 5.74) is 8.22. The number of ether oxygens (including phenoxy) is 1. The Morgan fingerprint density at radius 1 is 1.58 bits per heavy atom. The fourth-order valence-corrected chi connectivity index (χ4v) is 2.50. The summed E-state index contributed by atoms with van der Waals surface area (Å²) in [4.78, 5) is 12.3. The molecule has 0 heterocycles. The van der Waals surface area contributed by atoms with E-state index in [0.29, 0.717) is 6.42 Å². The molecular weight excluding hydrogens is 240 g/mol. The Morgan fingerprint density at radius 2 is 2.32 bits per heavy atom. The number of carbonyl (C=O) groups excluding carboxylic acids is 1. The summed E-state index contributed by atoms with van der Waals surface area (Å²) < 4.78 is 5.33. The third-order valence-corrected chi connectivity index (χ3v) is 4.16. The number of nitrogen functional groups attached to an aromatic ring is 1. The summed E-state index contributed by atoms with van der Waals surface area (Å²) in [6.45, 7) is 3.77. The molecule has 0 radical (unpaired) electrons. The van der Waals surface area contributed by atoms with E-state index in [9.17, 15) is 4.79 Å². The second kappa shape index (κ2) is 5.21. The Labute approximate surface area is 114 Å².